The number of hydrogen-bond donors (Lipinski definition) is 2. The average molecular weight is 312 g/mol. The van der Waals surface area contributed by atoms with Gasteiger partial charge >= 0.3 is 0 Å². The van der Waals surface area contributed by atoms with Crippen molar-refractivity contribution in [2.45, 2.75) is 13.8 Å². The summed E-state index contributed by atoms with van der Waals surface area (Å²) in [5, 5.41) is 5.29. The summed E-state index contributed by atoms with van der Waals surface area (Å²) in [5.41, 5.74) is 0.647. The van der Waals surface area contributed by atoms with Gasteiger partial charge in [-0.1, -0.05) is 32.0 Å². The lowest BCUT2D eigenvalue weighted by Gasteiger charge is -2.09. The summed E-state index contributed by atoms with van der Waals surface area (Å²) in [6.07, 6.45) is 0. The van der Waals surface area contributed by atoms with Gasteiger partial charge in [-0.2, -0.15) is 0 Å². The van der Waals surface area contributed by atoms with Gasteiger partial charge in [-0.3, -0.25) is 9.59 Å². The van der Waals surface area contributed by atoms with E-state index in [2.05, 4.69) is 10.6 Å². The zero-order valence-corrected chi connectivity index (χ0v) is 13.2. The molecule has 0 saturated carbocycles. The van der Waals surface area contributed by atoms with Gasteiger partial charge in [0.15, 0.2) is 0 Å². The molecule has 5 nitrogen and oxygen atoms in total. The van der Waals surface area contributed by atoms with Crippen molar-refractivity contribution in [3.8, 4) is 11.5 Å². The van der Waals surface area contributed by atoms with Crippen LogP contribution in [-0.4, -0.2) is 18.4 Å². The predicted octanol–water partition coefficient (Wildman–Crippen LogP) is 3.19. The molecule has 0 bridgehead atoms. The summed E-state index contributed by atoms with van der Waals surface area (Å²) < 4.78 is 5.67. The maximum atomic E-state index is 11.8. The van der Waals surface area contributed by atoms with E-state index in [0.29, 0.717) is 11.4 Å². The Labute approximate surface area is 135 Å². The lowest BCUT2D eigenvalue weighted by molar-refractivity contribution is -0.126. The van der Waals surface area contributed by atoms with E-state index in [9.17, 15) is 9.59 Å². The number of carbonyl (C=O) groups excluding carboxylic acids is 2. The standard InChI is InChI=1S/C18H20N2O3/c1-13(2)18(22)19-12-17(21)20-14-8-10-16(11-9-14)23-15-6-4-3-5-7-15/h3-11,13H,12H2,1-2H3,(H,19,22)(H,20,21). The van der Waals surface area contributed by atoms with Crippen molar-refractivity contribution in [1.82, 2.24) is 5.32 Å². The molecule has 0 fully saturated rings. The van der Waals surface area contributed by atoms with Gasteiger partial charge in [0.25, 0.3) is 0 Å². The van der Waals surface area contributed by atoms with E-state index >= 15 is 0 Å². The van der Waals surface area contributed by atoms with Gasteiger partial charge in [0, 0.05) is 11.6 Å². The maximum absolute atomic E-state index is 11.8. The minimum absolute atomic E-state index is 0.0424. The fraction of sp³-hybridized carbons (Fsp3) is 0.222. The van der Waals surface area contributed by atoms with Gasteiger partial charge in [-0.25, -0.2) is 0 Å². The third-order valence-corrected chi connectivity index (χ3v) is 3.06. The Bertz CT molecular complexity index is 652. The normalized spacial score (nSPS) is 10.2. The average Bonchev–Trinajstić information content (AvgIpc) is 2.55. The predicted molar refractivity (Wildman–Crippen MR) is 89.4 cm³/mol. The molecule has 2 rings (SSSR count). The molecule has 2 aromatic carbocycles. The number of anilines is 1. The Hall–Kier alpha value is -2.82. The lowest BCUT2D eigenvalue weighted by Crippen LogP contribution is -2.35. The van der Waals surface area contributed by atoms with Gasteiger partial charge < -0.3 is 15.4 Å². The minimum Gasteiger partial charge on any atom is -0.457 e. The third kappa shape index (κ3) is 5.47. The van der Waals surface area contributed by atoms with Crippen LogP contribution in [0, 0.1) is 5.92 Å². The van der Waals surface area contributed by atoms with Gasteiger partial charge in [-0.05, 0) is 36.4 Å². The third-order valence-electron chi connectivity index (χ3n) is 3.06. The van der Waals surface area contributed by atoms with Crippen LogP contribution in [0.3, 0.4) is 0 Å². The van der Waals surface area contributed by atoms with Gasteiger partial charge in [0.2, 0.25) is 11.8 Å². The molecular weight excluding hydrogens is 292 g/mol. The summed E-state index contributed by atoms with van der Waals surface area (Å²) in [6, 6.07) is 16.5. The summed E-state index contributed by atoms with van der Waals surface area (Å²) in [4.78, 5) is 23.2. The Morgan fingerprint density at radius 2 is 1.57 bits per heavy atom. The molecule has 0 unspecified atom stereocenters. The van der Waals surface area contributed by atoms with E-state index in [4.69, 9.17) is 4.74 Å². The molecule has 0 heterocycles. The number of nitrogens with one attached hydrogen (secondary N) is 2. The van der Waals surface area contributed by atoms with Crippen molar-refractivity contribution in [3.63, 3.8) is 0 Å². The van der Waals surface area contributed by atoms with Crippen molar-refractivity contribution < 1.29 is 14.3 Å². The Balaban J connectivity index is 1.85. The van der Waals surface area contributed by atoms with Crippen LogP contribution in [0.4, 0.5) is 5.69 Å². The second-order valence-corrected chi connectivity index (χ2v) is 5.36. The minimum atomic E-state index is -0.268. The summed E-state index contributed by atoms with van der Waals surface area (Å²) >= 11 is 0. The Morgan fingerprint density at radius 3 is 2.17 bits per heavy atom. The molecule has 2 amide bonds. The van der Waals surface area contributed by atoms with E-state index in [1.807, 2.05) is 30.3 Å². The topological polar surface area (TPSA) is 67.4 Å². The molecule has 0 atom stereocenters. The Morgan fingerprint density at radius 1 is 0.957 bits per heavy atom. The molecule has 0 aliphatic heterocycles. The lowest BCUT2D eigenvalue weighted by atomic mass is 10.2. The zero-order valence-electron chi connectivity index (χ0n) is 13.2. The highest BCUT2D eigenvalue weighted by molar-refractivity contribution is 5.94. The van der Waals surface area contributed by atoms with Gasteiger partial charge in [0.05, 0.1) is 6.54 Å². The smallest absolute Gasteiger partial charge is 0.243 e. The molecule has 120 valence electrons. The Kier molecular flexibility index (Phi) is 5.74. The van der Waals surface area contributed by atoms with Crippen LogP contribution in [0.5, 0.6) is 11.5 Å². The van der Waals surface area contributed by atoms with Gasteiger partial charge in [0.1, 0.15) is 11.5 Å². The van der Waals surface area contributed by atoms with Crippen LogP contribution >= 0.6 is 0 Å². The summed E-state index contributed by atoms with van der Waals surface area (Å²) in [6.45, 7) is 3.51. The number of benzene rings is 2. The molecule has 5 heteroatoms. The summed E-state index contributed by atoms with van der Waals surface area (Å²) in [5.74, 6) is 0.877. The molecule has 2 aromatic rings. The fourth-order valence-electron chi connectivity index (χ4n) is 1.81. The van der Waals surface area contributed by atoms with Crippen molar-refractivity contribution in [2.75, 3.05) is 11.9 Å². The largest absolute Gasteiger partial charge is 0.457 e. The molecule has 0 spiro atoms. The molecule has 0 aliphatic carbocycles. The van der Waals surface area contributed by atoms with E-state index in [1.165, 1.54) is 0 Å². The molecule has 2 N–H and O–H groups in total. The second kappa shape index (κ2) is 7.98. The summed E-state index contributed by atoms with van der Waals surface area (Å²) in [7, 11) is 0. The number of para-hydroxylation sites is 1. The monoisotopic (exact) mass is 312 g/mol. The number of ether oxygens (including phenoxy) is 1. The van der Waals surface area contributed by atoms with E-state index < -0.39 is 0 Å². The molecule has 0 aliphatic rings. The zero-order chi connectivity index (χ0) is 16.7. The quantitative estimate of drug-likeness (QED) is 0.861. The van der Waals surface area contributed by atoms with E-state index in [1.54, 1.807) is 38.1 Å². The second-order valence-electron chi connectivity index (χ2n) is 5.36. The van der Waals surface area contributed by atoms with Crippen molar-refractivity contribution in [2.24, 2.45) is 5.92 Å². The molecule has 0 radical (unpaired) electrons. The number of hydrogen-bond acceptors (Lipinski definition) is 3. The van der Waals surface area contributed by atoms with Crippen LogP contribution in [0.2, 0.25) is 0 Å². The van der Waals surface area contributed by atoms with Gasteiger partial charge in [-0.15, -0.1) is 0 Å². The van der Waals surface area contributed by atoms with Crippen LogP contribution in [0.15, 0.2) is 54.6 Å². The first-order valence-electron chi connectivity index (χ1n) is 7.45. The van der Waals surface area contributed by atoms with Crippen LogP contribution in [-0.2, 0) is 9.59 Å². The highest BCUT2D eigenvalue weighted by Gasteiger charge is 2.09. The molecule has 23 heavy (non-hydrogen) atoms. The van der Waals surface area contributed by atoms with Crippen molar-refractivity contribution in [1.29, 1.82) is 0 Å². The molecule has 0 aromatic heterocycles. The van der Waals surface area contributed by atoms with Crippen molar-refractivity contribution >= 4 is 17.5 Å². The van der Waals surface area contributed by atoms with Crippen molar-refractivity contribution in [3.05, 3.63) is 54.6 Å². The number of carbonyl (C=O) groups is 2. The van der Waals surface area contributed by atoms with E-state index in [-0.39, 0.29) is 24.3 Å². The van der Waals surface area contributed by atoms with Crippen LogP contribution in [0.25, 0.3) is 0 Å². The maximum Gasteiger partial charge on any atom is 0.243 e. The fourth-order valence-corrected chi connectivity index (χ4v) is 1.81. The molecular formula is C18H20N2O3. The van der Waals surface area contributed by atoms with Crippen LogP contribution < -0.4 is 15.4 Å². The van der Waals surface area contributed by atoms with Crippen LogP contribution in [0.1, 0.15) is 13.8 Å². The first-order chi connectivity index (χ1) is 11.0. The number of rotatable bonds is 6. The molecule has 0 saturated heterocycles. The number of amides is 2. The highest BCUT2D eigenvalue weighted by Crippen LogP contribution is 2.22. The SMILES string of the molecule is CC(C)C(=O)NCC(=O)Nc1ccc(Oc2ccccc2)cc1. The first-order valence-corrected chi connectivity index (χ1v) is 7.45. The van der Waals surface area contributed by atoms with E-state index in [0.717, 1.165) is 5.75 Å². The first kappa shape index (κ1) is 16.5. The highest BCUT2D eigenvalue weighted by atomic mass is 16.5.